The van der Waals surface area contributed by atoms with Crippen LogP contribution in [-0.4, -0.2) is 58.5 Å². The Bertz CT molecular complexity index is 497. The Balaban J connectivity index is 1.83. The molecule has 0 amide bonds. The zero-order chi connectivity index (χ0) is 15.9. The molecule has 0 saturated carbocycles. The molecule has 1 aliphatic heterocycles. The molecule has 7 nitrogen and oxygen atoms in total. The summed E-state index contributed by atoms with van der Waals surface area (Å²) in [4.78, 5) is 12.3. The van der Waals surface area contributed by atoms with Crippen molar-refractivity contribution in [1.29, 1.82) is 0 Å². The van der Waals surface area contributed by atoms with Crippen LogP contribution < -0.4 is 4.74 Å². The summed E-state index contributed by atoms with van der Waals surface area (Å²) in [6, 6.07) is 6.00. The van der Waals surface area contributed by atoms with Gasteiger partial charge in [-0.1, -0.05) is 12.5 Å². The molecule has 0 spiro atoms. The number of non-ortho nitro benzene ring substituents is 1. The van der Waals surface area contributed by atoms with Crippen molar-refractivity contribution in [2.24, 2.45) is 0 Å². The van der Waals surface area contributed by atoms with E-state index >= 15 is 0 Å². The minimum atomic E-state index is -0.702. The fourth-order valence-electron chi connectivity index (χ4n) is 2.71. The van der Waals surface area contributed by atoms with Gasteiger partial charge in [0.1, 0.15) is 18.5 Å². The third-order valence-corrected chi connectivity index (χ3v) is 3.88. The van der Waals surface area contributed by atoms with Gasteiger partial charge < -0.3 is 14.9 Å². The summed E-state index contributed by atoms with van der Waals surface area (Å²) >= 11 is 0. The van der Waals surface area contributed by atoms with Crippen LogP contribution in [0.5, 0.6) is 5.75 Å². The summed E-state index contributed by atoms with van der Waals surface area (Å²) in [7, 11) is 0. The largest absolute Gasteiger partial charge is 0.491 e. The van der Waals surface area contributed by atoms with Gasteiger partial charge in [-0.25, -0.2) is 0 Å². The number of aliphatic hydroxyl groups excluding tert-OH is 2. The van der Waals surface area contributed by atoms with Gasteiger partial charge in [0.05, 0.1) is 17.6 Å². The van der Waals surface area contributed by atoms with E-state index in [1.54, 1.807) is 12.1 Å². The number of hydrogen-bond donors (Lipinski definition) is 2. The number of benzene rings is 1. The molecule has 7 heteroatoms. The van der Waals surface area contributed by atoms with Gasteiger partial charge in [0.15, 0.2) is 0 Å². The maximum atomic E-state index is 10.7. The highest BCUT2D eigenvalue weighted by Gasteiger charge is 2.23. The van der Waals surface area contributed by atoms with Crippen molar-refractivity contribution in [3.05, 3.63) is 34.4 Å². The fraction of sp³-hybridized carbons (Fsp3) is 0.600. The number of nitro groups is 1. The Morgan fingerprint density at radius 1 is 1.45 bits per heavy atom. The lowest BCUT2D eigenvalue weighted by Gasteiger charge is -2.35. The Labute approximate surface area is 129 Å². The van der Waals surface area contributed by atoms with Gasteiger partial charge in [0.2, 0.25) is 0 Å². The maximum absolute atomic E-state index is 10.7. The first-order chi connectivity index (χ1) is 10.6. The van der Waals surface area contributed by atoms with E-state index in [1.165, 1.54) is 12.1 Å². The van der Waals surface area contributed by atoms with Crippen molar-refractivity contribution in [3.8, 4) is 5.75 Å². The second-order valence-corrected chi connectivity index (χ2v) is 5.55. The first-order valence-corrected chi connectivity index (χ1v) is 7.50. The number of aliphatic hydroxyl groups is 2. The molecule has 2 rings (SSSR count). The van der Waals surface area contributed by atoms with E-state index in [9.17, 15) is 20.3 Å². The van der Waals surface area contributed by atoms with Crippen molar-refractivity contribution in [3.63, 3.8) is 0 Å². The van der Waals surface area contributed by atoms with Crippen molar-refractivity contribution in [2.75, 3.05) is 26.3 Å². The van der Waals surface area contributed by atoms with Crippen LogP contribution in [0.2, 0.25) is 0 Å². The molecule has 1 aromatic rings. The summed E-state index contributed by atoms with van der Waals surface area (Å²) < 4.78 is 5.43. The highest BCUT2D eigenvalue weighted by Crippen LogP contribution is 2.20. The molecule has 0 radical (unpaired) electrons. The van der Waals surface area contributed by atoms with Crippen molar-refractivity contribution < 1.29 is 19.9 Å². The van der Waals surface area contributed by atoms with Gasteiger partial charge in [-0.15, -0.1) is 0 Å². The predicted octanol–water partition coefficient (Wildman–Crippen LogP) is 1.18. The van der Waals surface area contributed by atoms with Crippen LogP contribution in [0.25, 0.3) is 0 Å². The normalized spacial score (nSPS) is 20.5. The molecule has 1 fully saturated rings. The van der Waals surface area contributed by atoms with Crippen molar-refractivity contribution >= 4 is 5.69 Å². The number of hydrogen-bond acceptors (Lipinski definition) is 6. The summed E-state index contributed by atoms with van der Waals surface area (Å²) in [5.41, 5.74) is -0.0386. The van der Waals surface area contributed by atoms with E-state index < -0.39 is 11.0 Å². The van der Waals surface area contributed by atoms with Gasteiger partial charge in [-0.3, -0.25) is 15.0 Å². The quantitative estimate of drug-likeness (QED) is 0.580. The fourth-order valence-corrected chi connectivity index (χ4v) is 2.71. The molecular weight excluding hydrogens is 288 g/mol. The van der Waals surface area contributed by atoms with E-state index in [-0.39, 0.29) is 24.9 Å². The van der Waals surface area contributed by atoms with Gasteiger partial charge in [-0.2, -0.15) is 0 Å². The van der Waals surface area contributed by atoms with Crippen LogP contribution >= 0.6 is 0 Å². The molecule has 1 heterocycles. The van der Waals surface area contributed by atoms with Crippen LogP contribution in [0, 0.1) is 10.1 Å². The molecule has 22 heavy (non-hydrogen) atoms. The lowest BCUT2D eigenvalue weighted by atomic mass is 10.0. The van der Waals surface area contributed by atoms with Crippen LogP contribution in [0.15, 0.2) is 24.3 Å². The maximum Gasteiger partial charge on any atom is 0.273 e. The second-order valence-electron chi connectivity index (χ2n) is 5.55. The molecule has 0 aliphatic carbocycles. The topological polar surface area (TPSA) is 96.1 Å². The highest BCUT2D eigenvalue weighted by atomic mass is 16.6. The van der Waals surface area contributed by atoms with E-state index in [2.05, 4.69) is 4.90 Å². The van der Waals surface area contributed by atoms with E-state index in [0.717, 1.165) is 25.8 Å². The highest BCUT2D eigenvalue weighted by molar-refractivity contribution is 5.37. The molecule has 1 saturated heterocycles. The number of piperidine rings is 1. The number of rotatable bonds is 7. The summed E-state index contributed by atoms with van der Waals surface area (Å²) in [6.07, 6.45) is 2.40. The molecule has 2 atom stereocenters. The van der Waals surface area contributed by atoms with E-state index in [1.807, 2.05) is 0 Å². The zero-order valence-corrected chi connectivity index (χ0v) is 12.4. The van der Waals surface area contributed by atoms with Gasteiger partial charge in [0.25, 0.3) is 5.69 Å². The minimum absolute atomic E-state index is 0.0386. The molecule has 0 aromatic heterocycles. The van der Waals surface area contributed by atoms with Crippen LogP contribution in [0.4, 0.5) is 5.69 Å². The third kappa shape index (κ3) is 4.66. The standard InChI is InChI=1S/C15H22N2O5/c18-10-13-4-1-2-7-16(13)9-14(19)11-22-15-6-3-5-12(8-15)17(20)21/h3,5-6,8,13-14,18-19H,1-2,4,7,9-11H2/t13-,14-/m1/s1. The monoisotopic (exact) mass is 310 g/mol. The number of ether oxygens (including phenoxy) is 1. The van der Waals surface area contributed by atoms with Gasteiger partial charge >= 0.3 is 0 Å². The number of nitrogens with zero attached hydrogens (tertiary/aromatic N) is 2. The predicted molar refractivity (Wildman–Crippen MR) is 80.9 cm³/mol. The minimum Gasteiger partial charge on any atom is -0.491 e. The van der Waals surface area contributed by atoms with Gasteiger partial charge in [0, 0.05) is 18.7 Å². The molecule has 2 N–H and O–H groups in total. The average molecular weight is 310 g/mol. The van der Waals surface area contributed by atoms with E-state index in [0.29, 0.717) is 12.3 Å². The summed E-state index contributed by atoms with van der Waals surface area (Å²) in [5, 5.41) is 30.1. The van der Waals surface area contributed by atoms with Crippen LogP contribution in [0.3, 0.4) is 0 Å². The van der Waals surface area contributed by atoms with Crippen molar-refractivity contribution in [1.82, 2.24) is 4.90 Å². The molecule has 1 aromatic carbocycles. The molecular formula is C15H22N2O5. The third-order valence-electron chi connectivity index (χ3n) is 3.88. The Morgan fingerprint density at radius 3 is 3.00 bits per heavy atom. The number of β-amino-alcohol motifs (C(OH)–C–C–N with tert-alkyl or cyclic N) is 1. The zero-order valence-electron chi connectivity index (χ0n) is 12.4. The van der Waals surface area contributed by atoms with Crippen LogP contribution in [0.1, 0.15) is 19.3 Å². The van der Waals surface area contributed by atoms with Gasteiger partial charge in [-0.05, 0) is 25.5 Å². The molecule has 0 bridgehead atoms. The summed E-state index contributed by atoms with van der Waals surface area (Å²) in [5.74, 6) is 0.366. The van der Waals surface area contributed by atoms with Crippen molar-refractivity contribution in [2.45, 2.75) is 31.4 Å². The first-order valence-electron chi connectivity index (χ1n) is 7.50. The SMILES string of the molecule is O=[N+]([O-])c1cccc(OC[C@H](O)CN2CCCC[C@@H]2CO)c1. The molecule has 122 valence electrons. The smallest absolute Gasteiger partial charge is 0.273 e. The lowest BCUT2D eigenvalue weighted by molar-refractivity contribution is -0.384. The van der Waals surface area contributed by atoms with Crippen LogP contribution in [-0.2, 0) is 0 Å². The lowest BCUT2D eigenvalue weighted by Crippen LogP contribution is -2.46. The summed E-state index contributed by atoms with van der Waals surface area (Å²) in [6.45, 7) is 1.45. The van der Waals surface area contributed by atoms with E-state index in [4.69, 9.17) is 4.74 Å². The Hall–Kier alpha value is -1.70. The molecule has 1 aliphatic rings. The number of likely N-dealkylation sites (tertiary alicyclic amines) is 1. The number of nitro benzene ring substituents is 1. The first kappa shape index (κ1) is 16.7. The molecule has 0 unspecified atom stereocenters. The second kappa shape index (κ2) is 8.07. The average Bonchev–Trinajstić information content (AvgIpc) is 2.53. The Kier molecular flexibility index (Phi) is 6.11. The Morgan fingerprint density at radius 2 is 2.27 bits per heavy atom.